The van der Waals surface area contributed by atoms with Crippen LogP contribution in [0.15, 0.2) is 11.6 Å². The lowest BCUT2D eigenvalue weighted by Crippen LogP contribution is -1.98. The van der Waals surface area contributed by atoms with E-state index in [1.807, 2.05) is 13.8 Å². The zero-order valence-electron chi connectivity index (χ0n) is 8.11. The van der Waals surface area contributed by atoms with Gasteiger partial charge in [-0.1, -0.05) is 19.4 Å². The van der Waals surface area contributed by atoms with Crippen LogP contribution in [0.2, 0.25) is 0 Å². The maximum Gasteiger partial charge on any atom is 0.398 e. The van der Waals surface area contributed by atoms with Crippen LogP contribution >= 0.6 is 7.60 Å². The average molecular weight is 206 g/mol. The first-order valence-corrected chi connectivity index (χ1v) is 5.68. The van der Waals surface area contributed by atoms with Crippen molar-refractivity contribution in [1.29, 1.82) is 0 Å². The van der Waals surface area contributed by atoms with Crippen molar-refractivity contribution in [1.82, 2.24) is 0 Å². The quantitative estimate of drug-likeness (QED) is 0.552. The molecule has 1 N–H and O–H groups in total. The van der Waals surface area contributed by atoms with Gasteiger partial charge in [0.05, 0.1) is 0 Å². The molecule has 0 radical (unpaired) electrons. The van der Waals surface area contributed by atoms with Crippen molar-refractivity contribution in [2.75, 3.05) is 7.11 Å². The van der Waals surface area contributed by atoms with Gasteiger partial charge in [0, 0.05) is 7.11 Å². The number of hydrogen-bond acceptors (Lipinski definition) is 3. The Morgan fingerprint density at radius 1 is 1.46 bits per heavy atom. The first-order valence-electron chi connectivity index (χ1n) is 4.10. The van der Waals surface area contributed by atoms with Gasteiger partial charge in [-0.2, -0.15) is 0 Å². The summed E-state index contributed by atoms with van der Waals surface area (Å²) in [6.07, 6.45) is 2.60. The molecule has 0 aliphatic heterocycles. The molecule has 0 bridgehead atoms. The number of carbonyl (C=O) groups excluding carboxylic acids is 1. The monoisotopic (exact) mass is 206 g/mol. The molecule has 0 aromatic carbocycles. The van der Waals surface area contributed by atoms with Crippen molar-refractivity contribution in [2.45, 2.75) is 26.7 Å². The number of carbonyl (C=O) groups is 1. The summed E-state index contributed by atoms with van der Waals surface area (Å²) in [6.45, 7) is 3.77. The SMILES string of the molecule is CCC(=CC(=O)P(=O)(O)OC)CC. The molecule has 0 saturated carbocycles. The number of rotatable bonds is 5. The van der Waals surface area contributed by atoms with Crippen LogP contribution in [0.5, 0.6) is 0 Å². The van der Waals surface area contributed by atoms with Crippen molar-refractivity contribution < 1.29 is 18.8 Å². The molecule has 13 heavy (non-hydrogen) atoms. The fourth-order valence-electron chi connectivity index (χ4n) is 0.800. The molecule has 0 fully saturated rings. The first-order chi connectivity index (χ1) is 5.97. The van der Waals surface area contributed by atoms with Gasteiger partial charge in [0.2, 0.25) is 0 Å². The smallest absolute Gasteiger partial charge is 0.319 e. The average Bonchev–Trinajstić information content (AvgIpc) is 2.13. The zero-order valence-corrected chi connectivity index (χ0v) is 9.01. The zero-order chi connectivity index (χ0) is 10.5. The highest BCUT2D eigenvalue weighted by Crippen LogP contribution is 2.42. The second-order valence-corrected chi connectivity index (χ2v) is 4.40. The van der Waals surface area contributed by atoms with Crippen LogP contribution in [0.3, 0.4) is 0 Å². The van der Waals surface area contributed by atoms with Crippen molar-refractivity contribution in [3.8, 4) is 0 Å². The Labute approximate surface area is 78.1 Å². The Morgan fingerprint density at radius 2 is 1.92 bits per heavy atom. The van der Waals surface area contributed by atoms with E-state index in [4.69, 9.17) is 4.89 Å². The van der Waals surface area contributed by atoms with Gasteiger partial charge < -0.3 is 9.42 Å². The Hall–Kier alpha value is -0.440. The molecule has 0 spiro atoms. The maximum absolute atomic E-state index is 11.1. The lowest BCUT2D eigenvalue weighted by molar-refractivity contribution is -0.109. The third-order valence-electron chi connectivity index (χ3n) is 1.76. The van der Waals surface area contributed by atoms with Crippen molar-refractivity contribution >= 4 is 13.1 Å². The van der Waals surface area contributed by atoms with E-state index in [-0.39, 0.29) is 0 Å². The summed E-state index contributed by atoms with van der Waals surface area (Å²) in [5.41, 5.74) is 0.00465. The lowest BCUT2D eigenvalue weighted by atomic mass is 10.1. The van der Waals surface area contributed by atoms with Gasteiger partial charge in [0.15, 0.2) is 0 Å². The van der Waals surface area contributed by atoms with E-state index in [0.717, 1.165) is 12.7 Å². The van der Waals surface area contributed by atoms with Gasteiger partial charge in [0.25, 0.3) is 5.52 Å². The summed E-state index contributed by atoms with van der Waals surface area (Å²) in [5, 5.41) is 0. The van der Waals surface area contributed by atoms with Crippen molar-refractivity contribution in [3.05, 3.63) is 11.6 Å². The van der Waals surface area contributed by atoms with Gasteiger partial charge in [0.1, 0.15) is 0 Å². The molecule has 0 amide bonds. The normalized spacial score (nSPS) is 14.8. The minimum atomic E-state index is -4.06. The second kappa shape index (κ2) is 5.32. The molecule has 76 valence electrons. The minimum Gasteiger partial charge on any atom is -0.319 e. The van der Waals surface area contributed by atoms with E-state index < -0.39 is 13.1 Å². The summed E-state index contributed by atoms with van der Waals surface area (Å²) < 4.78 is 15.2. The van der Waals surface area contributed by atoms with E-state index in [1.165, 1.54) is 6.08 Å². The molecule has 5 heteroatoms. The van der Waals surface area contributed by atoms with Crippen molar-refractivity contribution in [2.24, 2.45) is 0 Å². The number of allylic oxidation sites excluding steroid dienone is 2. The first kappa shape index (κ1) is 12.6. The molecule has 0 aliphatic rings. The summed E-state index contributed by atoms with van der Waals surface area (Å²) in [7, 11) is -3.01. The van der Waals surface area contributed by atoms with Crippen LogP contribution in [-0.4, -0.2) is 17.5 Å². The molecule has 0 saturated heterocycles. The van der Waals surface area contributed by atoms with Gasteiger partial charge >= 0.3 is 7.60 Å². The molecule has 0 heterocycles. The fourth-order valence-corrected chi connectivity index (χ4v) is 1.33. The largest absolute Gasteiger partial charge is 0.398 e. The highest BCUT2D eigenvalue weighted by molar-refractivity contribution is 7.71. The highest BCUT2D eigenvalue weighted by Gasteiger charge is 2.26. The summed E-state index contributed by atoms with van der Waals surface area (Å²) in [5.74, 6) is 0. The molecule has 0 aromatic heterocycles. The molecule has 1 atom stereocenters. The van der Waals surface area contributed by atoms with Gasteiger partial charge in [-0.15, -0.1) is 0 Å². The minimum absolute atomic E-state index is 0.700. The van der Waals surface area contributed by atoms with Crippen LogP contribution in [-0.2, 0) is 13.9 Å². The van der Waals surface area contributed by atoms with Gasteiger partial charge in [-0.25, -0.2) is 0 Å². The van der Waals surface area contributed by atoms with E-state index in [1.54, 1.807) is 0 Å². The van der Waals surface area contributed by atoms with Crippen LogP contribution in [0.25, 0.3) is 0 Å². The standard InChI is InChI=1S/C8H15O4P/c1-4-7(5-2)6-8(9)13(10,11)12-3/h6H,4-5H2,1-3H3,(H,10,11). The molecule has 1 unspecified atom stereocenters. The Kier molecular flexibility index (Phi) is 5.14. The Bertz CT molecular complexity index is 251. The molecule has 0 aliphatic carbocycles. The van der Waals surface area contributed by atoms with Gasteiger partial charge in [-0.05, 0) is 18.9 Å². The van der Waals surface area contributed by atoms with E-state index in [9.17, 15) is 9.36 Å². The molecule has 4 nitrogen and oxygen atoms in total. The Balaban J connectivity index is 4.63. The van der Waals surface area contributed by atoms with E-state index >= 15 is 0 Å². The van der Waals surface area contributed by atoms with Crippen LogP contribution in [0.1, 0.15) is 26.7 Å². The van der Waals surface area contributed by atoms with E-state index in [0.29, 0.717) is 12.8 Å². The third kappa shape index (κ3) is 3.85. The lowest BCUT2D eigenvalue weighted by Gasteiger charge is -2.05. The van der Waals surface area contributed by atoms with E-state index in [2.05, 4.69) is 4.52 Å². The van der Waals surface area contributed by atoms with Crippen molar-refractivity contribution in [3.63, 3.8) is 0 Å². The summed E-state index contributed by atoms with van der Waals surface area (Å²) >= 11 is 0. The van der Waals surface area contributed by atoms with Gasteiger partial charge in [-0.3, -0.25) is 9.36 Å². The summed E-state index contributed by atoms with van der Waals surface area (Å²) in [4.78, 5) is 20.1. The maximum atomic E-state index is 11.1. The predicted molar refractivity (Wildman–Crippen MR) is 50.5 cm³/mol. The highest BCUT2D eigenvalue weighted by atomic mass is 31.2. The second-order valence-electron chi connectivity index (χ2n) is 2.55. The fraction of sp³-hybridized carbons (Fsp3) is 0.625. The molecule has 0 aromatic rings. The predicted octanol–water partition coefficient (Wildman–Crippen LogP) is 2.09. The molecule has 0 rings (SSSR count). The third-order valence-corrected chi connectivity index (χ3v) is 2.94. The summed E-state index contributed by atoms with van der Waals surface area (Å²) in [6, 6.07) is 0. The molecular weight excluding hydrogens is 191 g/mol. The Morgan fingerprint density at radius 3 is 2.23 bits per heavy atom. The number of hydrogen-bond donors (Lipinski definition) is 1. The van der Waals surface area contributed by atoms with Crippen LogP contribution in [0.4, 0.5) is 0 Å². The van der Waals surface area contributed by atoms with Crippen LogP contribution in [0, 0.1) is 0 Å². The molecular formula is C8H15O4P. The van der Waals surface area contributed by atoms with Crippen LogP contribution < -0.4 is 0 Å². The topological polar surface area (TPSA) is 63.6 Å².